The molecule has 0 spiro atoms. The van der Waals surface area contributed by atoms with Crippen LogP contribution in [0.25, 0.3) is 22.2 Å². The molecule has 0 bridgehead atoms. The van der Waals surface area contributed by atoms with Crippen LogP contribution in [0.3, 0.4) is 0 Å². The van der Waals surface area contributed by atoms with Crippen LogP contribution in [0.4, 0.5) is 0 Å². The van der Waals surface area contributed by atoms with Crippen molar-refractivity contribution in [2.45, 2.75) is 6.92 Å². The molecule has 0 aliphatic rings. The van der Waals surface area contributed by atoms with Crippen molar-refractivity contribution >= 4 is 16.7 Å². The van der Waals surface area contributed by atoms with E-state index >= 15 is 0 Å². The molecule has 0 radical (unpaired) electrons. The van der Waals surface area contributed by atoms with Gasteiger partial charge in [-0.1, -0.05) is 42.5 Å². The lowest BCUT2D eigenvalue weighted by Gasteiger charge is -2.04. The second kappa shape index (κ2) is 4.65. The summed E-state index contributed by atoms with van der Waals surface area (Å²) in [5.41, 5.74) is 3.54. The number of Topliss-reactive ketones (excluding diaryl/α,β-unsaturated/α-hetero) is 1. The second-order valence-electron chi connectivity index (χ2n) is 4.53. The van der Waals surface area contributed by atoms with E-state index in [2.05, 4.69) is 11.1 Å². The number of hydrogen-bond donors (Lipinski definition) is 0. The Kier molecular flexibility index (Phi) is 2.84. The zero-order valence-electron chi connectivity index (χ0n) is 10.6. The molecule has 2 heteroatoms. The molecule has 3 aromatic rings. The van der Waals surface area contributed by atoms with E-state index in [9.17, 15) is 4.79 Å². The molecule has 0 saturated carbocycles. The zero-order valence-corrected chi connectivity index (χ0v) is 10.6. The molecule has 0 amide bonds. The molecule has 2 nitrogen and oxygen atoms in total. The fraction of sp³-hybridized carbons (Fsp3) is 0.0588. The number of benzene rings is 2. The summed E-state index contributed by atoms with van der Waals surface area (Å²) in [5.74, 6) is 0.0719. The van der Waals surface area contributed by atoms with Gasteiger partial charge in [0.2, 0.25) is 0 Å². The molecular weight excluding hydrogens is 234 g/mol. The molecule has 3 rings (SSSR count). The van der Waals surface area contributed by atoms with Crippen molar-refractivity contribution in [2.75, 3.05) is 0 Å². The van der Waals surface area contributed by atoms with Crippen molar-refractivity contribution in [3.8, 4) is 11.3 Å². The molecule has 0 aliphatic heterocycles. The maximum Gasteiger partial charge on any atom is 0.159 e. The van der Waals surface area contributed by atoms with Crippen LogP contribution in [0.2, 0.25) is 0 Å². The topological polar surface area (TPSA) is 30.0 Å². The van der Waals surface area contributed by atoms with Crippen LogP contribution in [-0.2, 0) is 0 Å². The van der Waals surface area contributed by atoms with E-state index in [1.807, 2.05) is 54.6 Å². The Morgan fingerprint density at radius 3 is 2.63 bits per heavy atom. The molecule has 1 aromatic heterocycles. The Labute approximate surface area is 111 Å². The lowest BCUT2D eigenvalue weighted by molar-refractivity contribution is 0.101. The zero-order chi connectivity index (χ0) is 13.2. The highest BCUT2D eigenvalue weighted by molar-refractivity contribution is 5.95. The maximum absolute atomic E-state index is 11.4. The normalized spacial score (nSPS) is 10.6. The van der Waals surface area contributed by atoms with Crippen LogP contribution in [0.15, 0.2) is 60.7 Å². The Morgan fingerprint density at radius 2 is 1.79 bits per heavy atom. The molecular formula is C17H13NO. The van der Waals surface area contributed by atoms with Crippen LogP contribution in [0.1, 0.15) is 17.3 Å². The number of hydrogen-bond acceptors (Lipinski definition) is 2. The first-order valence-electron chi connectivity index (χ1n) is 6.21. The highest BCUT2D eigenvalue weighted by Crippen LogP contribution is 2.21. The lowest BCUT2D eigenvalue weighted by atomic mass is 10.0. The summed E-state index contributed by atoms with van der Waals surface area (Å²) >= 11 is 0. The molecule has 0 fully saturated rings. The number of aromatic nitrogens is 1. The minimum Gasteiger partial charge on any atom is -0.295 e. The van der Waals surface area contributed by atoms with Gasteiger partial charge in [0.1, 0.15) is 0 Å². The minimum atomic E-state index is 0.0719. The van der Waals surface area contributed by atoms with Gasteiger partial charge >= 0.3 is 0 Å². The highest BCUT2D eigenvalue weighted by Gasteiger charge is 2.04. The Balaban J connectivity index is 2.13. The summed E-state index contributed by atoms with van der Waals surface area (Å²) in [6.07, 6.45) is 0. The number of fused-ring (bicyclic) bond motifs is 1. The molecule has 0 unspecified atom stereocenters. The van der Waals surface area contributed by atoms with Gasteiger partial charge in [-0.2, -0.15) is 0 Å². The lowest BCUT2D eigenvalue weighted by Crippen LogP contribution is -1.92. The van der Waals surface area contributed by atoms with Gasteiger partial charge < -0.3 is 0 Å². The van der Waals surface area contributed by atoms with Gasteiger partial charge in [-0.3, -0.25) is 4.79 Å². The van der Waals surface area contributed by atoms with Crippen molar-refractivity contribution in [1.29, 1.82) is 0 Å². The number of nitrogens with zero attached hydrogens (tertiary/aromatic N) is 1. The minimum absolute atomic E-state index is 0.0719. The summed E-state index contributed by atoms with van der Waals surface area (Å²) in [4.78, 5) is 16.1. The SMILES string of the molecule is CC(=O)c1cccc(-c2ccc3ccccc3n2)c1. The smallest absolute Gasteiger partial charge is 0.159 e. The average molecular weight is 247 g/mol. The highest BCUT2D eigenvalue weighted by atomic mass is 16.1. The van der Waals surface area contributed by atoms with E-state index in [0.29, 0.717) is 5.56 Å². The van der Waals surface area contributed by atoms with E-state index in [-0.39, 0.29) is 5.78 Å². The first kappa shape index (κ1) is 11.6. The number of carbonyl (C=O) groups excluding carboxylic acids is 1. The number of pyridine rings is 1. The first-order chi connectivity index (χ1) is 9.24. The predicted octanol–water partition coefficient (Wildman–Crippen LogP) is 4.10. The van der Waals surface area contributed by atoms with Gasteiger partial charge in [0, 0.05) is 16.5 Å². The van der Waals surface area contributed by atoms with Crippen LogP contribution in [0.5, 0.6) is 0 Å². The van der Waals surface area contributed by atoms with Gasteiger partial charge in [0.15, 0.2) is 5.78 Å². The van der Waals surface area contributed by atoms with E-state index < -0.39 is 0 Å². The van der Waals surface area contributed by atoms with Gasteiger partial charge in [0.25, 0.3) is 0 Å². The standard InChI is InChI=1S/C17H13NO/c1-12(19)14-6-4-7-15(11-14)17-10-9-13-5-2-3-8-16(13)18-17/h2-11H,1H3. The van der Waals surface area contributed by atoms with Gasteiger partial charge in [-0.05, 0) is 25.1 Å². The third-order valence-electron chi connectivity index (χ3n) is 3.16. The molecule has 2 aromatic carbocycles. The summed E-state index contributed by atoms with van der Waals surface area (Å²) in [5, 5.41) is 1.12. The molecule has 19 heavy (non-hydrogen) atoms. The number of carbonyl (C=O) groups is 1. The van der Waals surface area contributed by atoms with Crippen molar-refractivity contribution in [3.05, 3.63) is 66.2 Å². The van der Waals surface area contributed by atoms with Crippen LogP contribution < -0.4 is 0 Å². The maximum atomic E-state index is 11.4. The van der Waals surface area contributed by atoms with Crippen molar-refractivity contribution < 1.29 is 4.79 Å². The summed E-state index contributed by atoms with van der Waals surface area (Å²) in [6, 6.07) is 19.6. The fourth-order valence-corrected chi connectivity index (χ4v) is 2.12. The van der Waals surface area contributed by atoms with Crippen molar-refractivity contribution in [3.63, 3.8) is 0 Å². The van der Waals surface area contributed by atoms with Crippen LogP contribution in [0, 0.1) is 0 Å². The van der Waals surface area contributed by atoms with Crippen molar-refractivity contribution in [2.24, 2.45) is 0 Å². The predicted molar refractivity (Wildman–Crippen MR) is 77.2 cm³/mol. The molecule has 0 saturated heterocycles. The number of para-hydroxylation sites is 1. The Hall–Kier alpha value is -2.48. The average Bonchev–Trinajstić information content (AvgIpc) is 2.47. The number of ketones is 1. The Morgan fingerprint density at radius 1 is 0.947 bits per heavy atom. The Bertz CT molecular complexity index is 762. The quantitative estimate of drug-likeness (QED) is 0.638. The fourth-order valence-electron chi connectivity index (χ4n) is 2.12. The van der Waals surface area contributed by atoms with Gasteiger partial charge in [-0.15, -0.1) is 0 Å². The van der Waals surface area contributed by atoms with Crippen LogP contribution >= 0.6 is 0 Å². The summed E-state index contributed by atoms with van der Waals surface area (Å²) in [6.45, 7) is 1.58. The van der Waals surface area contributed by atoms with Gasteiger partial charge in [0.05, 0.1) is 11.2 Å². The van der Waals surface area contributed by atoms with E-state index in [1.165, 1.54) is 0 Å². The molecule has 92 valence electrons. The largest absolute Gasteiger partial charge is 0.295 e. The van der Waals surface area contributed by atoms with E-state index in [4.69, 9.17) is 0 Å². The van der Waals surface area contributed by atoms with Crippen LogP contribution in [-0.4, -0.2) is 10.8 Å². The molecule has 0 aliphatic carbocycles. The van der Waals surface area contributed by atoms with Gasteiger partial charge in [-0.25, -0.2) is 4.98 Å². The van der Waals surface area contributed by atoms with Crippen molar-refractivity contribution in [1.82, 2.24) is 4.98 Å². The molecule has 1 heterocycles. The first-order valence-corrected chi connectivity index (χ1v) is 6.21. The van der Waals surface area contributed by atoms with E-state index in [0.717, 1.165) is 22.2 Å². The monoisotopic (exact) mass is 247 g/mol. The second-order valence-corrected chi connectivity index (χ2v) is 4.53. The molecule has 0 N–H and O–H groups in total. The molecule has 0 atom stereocenters. The summed E-state index contributed by atoms with van der Waals surface area (Å²) in [7, 11) is 0. The third-order valence-corrected chi connectivity index (χ3v) is 3.16. The van der Waals surface area contributed by atoms with E-state index in [1.54, 1.807) is 6.92 Å². The number of rotatable bonds is 2. The summed E-state index contributed by atoms with van der Waals surface area (Å²) < 4.78 is 0. The third kappa shape index (κ3) is 2.25.